The Morgan fingerprint density at radius 2 is 1.06 bits per heavy atom. The molecule has 0 fully saturated rings. The van der Waals surface area contributed by atoms with Crippen LogP contribution in [0.5, 0.6) is 0 Å². The smallest absolute Gasteiger partial charge is 0.0357 e. The SMILES string of the molecule is CC.CC.CCC.CCCCCC(C)(C)CC. The fraction of sp³-hybridized carbons (Fsp3) is 1.00. The summed E-state index contributed by atoms with van der Waals surface area (Å²) in [5.74, 6) is 0. The Labute approximate surface area is 114 Å². The molecule has 0 N–H and O–H groups in total. The predicted molar refractivity (Wildman–Crippen MR) is 86.9 cm³/mol. The first kappa shape index (κ1) is 25.8. The van der Waals surface area contributed by atoms with Crippen molar-refractivity contribution in [3.05, 3.63) is 0 Å². The third-order valence-electron chi connectivity index (χ3n) is 2.41. The highest BCUT2D eigenvalue weighted by Crippen LogP contribution is 2.26. The minimum Gasteiger partial charge on any atom is -0.0683 e. The Hall–Kier alpha value is 0. The molecule has 0 amide bonds. The van der Waals surface area contributed by atoms with Gasteiger partial charge in [0.25, 0.3) is 0 Å². The molecule has 0 rings (SSSR count). The molecule has 0 aromatic rings. The average molecular weight is 247 g/mol. The van der Waals surface area contributed by atoms with Gasteiger partial charge in [0.15, 0.2) is 0 Å². The molecule has 0 bridgehead atoms. The highest BCUT2D eigenvalue weighted by molar-refractivity contribution is 4.65. The first-order valence-corrected chi connectivity index (χ1v) is 8.04. The van der Waals surface area contributed by atoms with E-state index >= 15 is 0 Å². The zero-order valence-corrected chi connectivity index (χ0v) is 14.7. The molecule has 0 aromatic carbocycles. The maximum Gasteiger partial charge on any atom is -0.0357 e. The molecule has 17 heavy (non-hydrogen) atoms. The highest BCUT2D eigenvalue weighted by Gasteiger charge is 2.13. The Kier molecular flexibility index (Phi) is 37.9. The van der Waals surface area contributed by atoms with Crippen LogP contribution >= 0.6 is 0 Å². The van der Waals surface area contributed by atoms with E-state index in [9.17, 15) is 0 Å². The Bertz CT molecular complexity index is 82.0. The standard InChI is InChI=1S/C10H22.C3H8.2C2H6/c1-5-7-8-9-10(3,4)6-2;1-3-2;2*1-2/h5-9H2,1-4H3;3H2,1-2H3;2*1-2H3. The van der Waals surface area contributed by atoms with Gasteiger partial charge in [0.1, 0.15) is 0 Å². The molecule has 110 valence electrons. The molecular formula is C17H42. The lowest BCUT2D eigenvalue weighted by Gasteiger charge is -2.21. The van der Waals surface area contributed by atoms with Crippen LogP contribution in [0.3, 0.4) is 0 Å². The van der Waals surface area contributed by atoms with E-state index in [4.69, 9.17) is 0 Å². The van der Waals surface area contributed by atoms with Crippen molar-refractivity contribution in [1.82, 2.24) is 0 Å². The largest absolute Gasteiger partial charge is 0.0683 e. The van der Waals surface area contributed by atoms with Crippen LogP contribution in [0.25, 0.3) is 0 Å². The molecule has 0 heterocycles. The second-order valence-electron chi connectivity index (χ2n) is 4.68. The second-order valence-corrected chi connectivity index (χ2v) is 4.68. The summed E-state index contributed by atoms with van der Waals surface area (Å²) in [7, 11) is 0. The lowest BCUT2D eigenvalue weighted by atomic mass is 9.84. The van der Waals surface area contributed by atoms with Crippen molar-refractivity contribution in [2.75, 3.05) is 0 Å². The molecule has 0 nitrogen and oxygen atoms in total. The van der Waals surface area contributed by atoms with Crippen molar-refractivity contribution in [2.45, 2.75) is 108 Å². The van der Waals surface area contributed by atoms with Crippen LogP contribution in [0.4, 0.5) is 0 Å². The van der Waals surface area contributed by atoms with Crippen molar-refractivity contribution >= 4 is 0 Å². The number of hydrogen-bond donors (Lipinski definition) is 0. The van der Waals surface area contributed by atoms with Crippen LogP contribution in [0.15, 0.2) is 0 Å². The lowest BCUT2D eigenvalue weighted by molar-refractivity contribution is 0.309. The number of rotatable bonds is 5. The quantitative estimate of drug-likeness (QED) is 0.441. The van der Waals surface area contributed by atoms with Gasteiger partial charge < -0.3 is 0 Å². The summed E-state index contributed by atoms with van der Waals surface area (Å²) in [6.07, 6.45) is 8.13. The summed E-state index contributed by atoms with van der Waals surface area (Å²) in [5, 5.41) is 0. The lowest BCUT2D eigenvalue weighted by Crippen LogP contribution is -2.08. The van der Waals surface area contributed by atoms with E-state index in [2.05, 4.69) is 41.5 Å². The second kappa shape index (κ2) is 25.0. The topological polar surface area (TPSA) is 0 Å². The summed E-state index contributed by atoms with van der Waals surface area (Å²) in [5.41, 5.74) is 0.592. The average Bonchev–Trinajstić information content (AvgIpc) is 2.35. The molecule has 0 spiro atoms. The highest BCUT2D eigenvalue weighted by atomic mass is 14.2. The van der Waals surface area contributed by atoms with Crippen molar-refractivity contribution in [3.63, 3.8) is 0 Å². The maximum absolute atomic E-state index is 2.36. The summed E-state index contributed by atoms with van der Waals surface area (Å²) in [4.78, 5) is 0. The van der Waals surface area contributed by atoms with Gasteiger partial charge in [-0.15, -0.1) is 0 Å². The van der Waals surface area contributed by atoms with Crippen molar-refractivity contribution in [1.29, 1.82) is 0 Å². The Balaban J connectivity index is -0.000000102. The van der Waals surface area contributed by atoms with Gasteiger partial charge in [-0.3, -0.25) is 0 Å². The van der Waals surface area contributed by atoms with Crippen LogP contribution in [0.1, 0.15) is 108 Å². The van der Waals surface area contributed by atoms with Gasteiger partial charge in [-0.25, -0.2) is 0 Å². The van der Waals surface area contributed by atoms with Crippen molar-refractivity contribution < 1.29 is 0 Å². The molecule has 0 saturated carbocycles. The first-order valence-electron chi connectivity index (χ1n) is 8.04. The number of unbranched alkanes of at least 4 members (excludes halogenated alkanes) is 2. The summed E-state index contributed by atoms with van der Waals surface area (Å²) in [6, 6.07) is 0. The maximum atomic E-state index is 2.36. The Morgan fingerprint density at radius 3 is 1.29 bits per heavy atom. The van der Waals surface area contributed by atoms with Crippen LogP contribution in [-0.2, 0) is 0 Å². The molecule has 0 unspecified atom stereocenters. The fourth-order valence-corrected chi connectivity index (χ4v) is 1.03. The third kappa shape index (κ3) is 38.7. The van der Waals surface area contributed by atoms with Gasteiger partial charge >= 0.3 is 0 Å². The molecule has 0 aromatic heterocycles. The van der Waals surface area contributed by atoms with E-state index in [0.29, 0.717) is 5.41 Å². The van der Waals surface area contributed by atoms with E-state index in [1.807, 2.05) is 27.7 Å². The van der Waals surface area contributed by atoms with E-state index < -0.39 is 0 Å². The van der Waals surface area contributed by atoms with Crippen LogP contribution < -0.4 is 0 Å². The first-order chi connectivity index (χ1) is 8.04. The summed E-state index contributed by atoms with van der Waals surface area (Å²) in [6.45, 7) is 21.5. The fourth-order valence-electron chi connectivity index (χ4n) is 1.03. The van der Waals surface area contributed by atoms with Crippen LogP contribution in [-0.4, -0.2) is 0 Å². The molecule has 0 aliphatic carbocycles. The molecule has 0 heteroatoms. The van der Waals surface area contributed by atoms with Crippen molar-refractivity contribution in [2.24, 2.45) is 5.41 Å². The minimum absolute atomic E-state index is 0.592. The van der Waals surface area contributed by atoms with Gasteiger partial charge in [-0.2, -0.15) is 0 Å². The molecular weight excluding hydrogens is 204 g/mol. The van der Waals surface area contributed by atoms with Gasteiger partial charge in [0.05, 0.1) is 0 Å². The summed E-state index contributed by atoms with van der Waals surface area (Å²) < 4.78 is 0. The van der Waals surface area contributed by atoms with E-state index in [0.717, 1.165) is 0 Å². The molecule has 0 aliphatic rings. The minimum atomic E-state index is 0.592. The van der Waals surface area contributed by atoms with Crippen LogP contribution in [0, 0.1) is 5.41 Å². The number of hydrogen-bond acceptors (Lipinski definition) is 0. The molecule has 0 aliphatic heterocycles. The van der Waals surface area contributed by atoms with Gasteiger partial charge in [0, 0.05) is 0 Å². The molecule has 0 atom stereocenters. The van der Waals surface area contributed by atoms with E-state index in [1.54, 1.807) is 0 Å². The van der Waals surface area contributed by atoms with E-state index in [-0.39, 0.29) is 0 Å². The molecule has 0 radical (unpaired) electrons. The monoisotopic (exact) mass is 246 g/mol. The third-order valence-corrected chi connectivity index (χ3v) is 2.41. The van der Waals surface area contributed by atoms with Gasteiger partial charge in [0.2, 0.25) is 0 Å². The Morgan fingerprint density at radius 1 is 0.706 bits per heavy atom. The van der Waals surface area contributed by atoms with Crippen molar-refractivity contribution in [3.8, 4) is 0 Å². The van der Waals surface area contributed by atoms with Crippen LogP contribution in [0.2, 0.25) is 0 Å². The van der Waals surface area contributed by atoms with Gasteiger partial charge in [-0.1, -0.05) is 101 Å². The summed E-state index contributed by atoms with van der Waals surface area (Å²) >= 11 is 0. The van der Waals surface area contributed by atoms with Gasteiger partial charge in [-0.05, 0) is 11.8 Å². The normalized spacial score (nSPS) is 8.82. The predicted octanol–water partition coefficient (Wildman–Crippen LogP) is 7.47. The zero-order valence-electron chi connectivity index (χ0n) is 14.7. The zero-order chi connectivity index (χ0) is 14.7. The molecule has 0 saturated heterocycles. The van der Waals surface area contributed by atoms with E-state index in [1.165, 1.54) is 38.5 Å².